The van der Waals surface area contributed by atoms with E-state index in [-0.39, 0.29) is 5.56 Å². The molecule has 1 aromatic carbocycles. The van der Waals surface area contributed by atoms with Crippen LogP contribution in [0, 0.1) is 20.2 Å². The van der Waals surface area contributed by atoms with E-state index >= 15 is 0 Å². The smallest absolute Gasteiger partial charge is 0.338 e. The number of carbonyl (C=O) groups is 1. The lowest BCUT2D eigenvalue weighted by molar-refractivity contribution is -0.768. The van der Waals surface area contributed by atoms with Crippen molar-refractivity contribution < 1.29 is 29.4 Å². The molecule has 0 fully saturated rings. The molecule has 0 aromatic heterocycles. The summed E-state index contributed by atoms with van der Waals surface area (Å²) in [5.74, 6) is -0.827. The lowest BCUT2D eigenvalue weighted by Crippen LogP contribution is -2.30. The summed E-state index contributed by atoms with van der Waals surface area (Å²) in [6.45, 7) is -1.37. The lowest BCUT2D eigenvalue weighted by Gasteiger charge is -2.15. The van der Waals surface area contributed by atoms with Crippen molar-refractivity contribution in [3.8, 4) is 0 Å². The van der Waals surface area contributed by atoms with Crippen molar-refractivity contribution in [3.05, 3.63) is 50.1 Å². The largest absolute Gasteiger partial charge is 0.455 e. The maximum Gasteiger partial charge on any atom is 0.338 e. The average molecular weight is 318 g/mol. The maximum atomic E-state index is 11.8. The molecule has 0 heterocycles. The maximum absolute atomic E-state index is 11.8. The minimum absolute atomic E-state index is 0.153. The number of ether oxygens (including phenoxy) is 1. The third-order valence-electron chi connectivity index (χ3n) is 2.11. The van der Waals surface area contributed by atoms with Crippen LogP contribution in [-0.4, -0.2) is 35.5 Å². The van der Waals surface area contributed by atoms with E-state index in [1.165, 1.54) is 24.3 Å². The first-order chi connectivity index (χ1) is 9.88. The number of nitrogens with zero attached hydrogens (tertiary/aromatic N) is 2. The van der Waals surface area contributed by atoms with E-state index in [1.807, 2.05) is 0 Å². The van der Waals surface area contributed by atoms with E-state index in [0.29, 0.717) is 4.90 Å². The topological polar surface area (TPSA) is 131 Å². The normalized spacial score (nSPS) is 10.0. The van der Waals surface area contributed by atoms with Crippen LogP contribution in [0.3, 0.4) is 0 Å². The Morgan fingerprint density at radius 2 is 1.57 bits per heavy atom. The quantitative estimate of drug-likeness (QED) is 0.324. The van der Waals surface area contributed by atoms with Crippen molar-refractivity contribution in [2.24, 2.45) is 0 Å². The summed E-state index contributed by atoms with van der Waals surface area (Å²) in [7, 11) is 0. The van der Waals surface area contributed by atoms with E-state index in [4.69, 9.17) is 4.74 Å². The average Bonchev–Trinajstić information content (AvgIpc) is 2.42. The van der Waals surface area contributed by atoms with Gasteiger partial charge in [0.15, 0.2) is 0 Å². The van der Waals surface area contributed by atoms with Gasteiger partial charge in [-0.15, -0.1) is 32.9 Å². The summed E-state index contributed by atoms with van der Waals surface area (Å²) in [5.41, 5.74) is 0.153. The molecule has 0 radical (unpaired) electrons. The van der Waals surface area contributed by atoms with Crippen LogP contribution in [0.2, 0.25) is 0 Å². The predicted octanol–water partition coefficient (Wildman–Crippen LogP) is 0.917. The van der Waals surface area contributed by atoms with Gasteiger partial charge in [0.05, 0.1) is 5.56 Å². The highest BCUT2D eigenvalue weighted by Crippen LogP contribution is 2.10. The van der Waals surface area contributed by atoms with Gasteiger partial charge in [0.2, 0.25) is 0 Å². The summed E-state index contributed by atoms with van der Waals surface area (Å²) in [5, 5.41) is 18.0. The molecule has 0 saturated heterocycles. The van der Waals surface area contributed by atoms with Gasteiger partial charge in [0.25, 0.3) is 10.2 Å². The van der Waals surface area contributed by atoms with Crippen molar-refractivity contribution in [3.63, 3.8) is 0 Å². The Labute approximate surface area is 123 Å². The summed E-state index contributed by atoms with van der Waals surface area (Å²) < 4.78 is 4.85. The van der Waals surface area contributed by atoms with Gasteiger partial charge >= 0.3 is 5.97 Å². The van der Waals surface area contributed by atoms with Crippen molar-refractivity contribution in [2.45, 2.75) is 11.0 Å². The van der Waals surface area contributed by atoms with Gasteiger partial charge in [0, 0.05) is 4.90 Å². The number of rotatable bonds is 8. The molecule has 0 aliphatic heterocycles. The van der Waals surface area contributed by atoms with E-state index in [1.54, 1.807) is 0 Å². The fourth-order valence-electron chi connectivity index (χ4n) is 1.22. The molecule has 0 atom stereocenters. The third-order valence-corrected chi connectivity index (χ3v) is 2.41. The Kier molecular flexibility index (Phi) is 6.20. The highest BCUT2D eigenvalue weighted by molar-refractivity contribution is 7.80. The highest BCUT2D eigenvalue weighted by Gasteiger charge is 2.19. The van der Waals surface area contributed by atoms with Crippen molar-refractivity contribution in [1.29, 1.82) is 0 Å². The van der Waals surface area contributed by atoms with Crippen LogP contribution in [0.1, 0.15) is 10.4 Å². The zero-order valence-corrected chi connectivity index (χ0v) is 11.3. The monoisotopic (exact) mass is 318 g/mol. The molecule has 0 unspecified atom stereocenters. The molecule has 0 amide bonds. The molecule has 0 saturated carbocycles. The molecule has 0 N–H and O–H groups in total. The first-order valence-electron chi connectivity index (χ1n) is 5.43. The predicted molar refractivity (Wildman–Crippen MR) is 68.8 cm³/mol. The fourth-order valence-corrected chi connectivity index (χ4v) is 1.37. The van der Waals surface area contributed by atoms with Gasteiger partial charge in [-0.2, -0.15) is 0 Å². The van der Waals surface area contributed by atoms with Crippen LogP contribution in [-0.2, 0) is 14.4 Å². The van der Waals surface area contributed by atoms with Crippen LogP contribution in [0.25, 0.3) is 0 Å². The van der Waals surface area contributed by atoms with E-state index in [2.05, 4.69) is 22.3 Å². The standard InChI is InChI=1S/C10H10N2O8S/c13-10(7-1-3-9(21)4-2-7)20-8(5-18-11(14)15)6-19-12(16)17/h1-4,8,21H,5-6H2. The van der Waals surface area contributed by atoms with Crippen molar-refractivity contribution in [1.82, 2.24) is 0 Å². The Morgan fingerprint density at radius 1 is 1.10 bits per heavy atom. The van der Waals surface area contributed by atoms with Crippen LogP contribution in [0.4, 0.5) is 0 Å². The highest BCUT2D eigenvalue weighted by atomic mass is 32.1. The van der Waals surface area contributed by atoms with Crippen molar-refractivity contribution >= 4 is 18.6 Å². The molecule has 114 valence electrons. The van der Waals surface area contributed by atoms with Gasteiger partial charge in [-0.05, 0) is 24.3 Å². The molecule has 21 heavy (non-hydrogen) atoms. The molecule has 10 nitrogen and oxygen atoms in total. The second-order valence-electron chi connectivity index (χ2n) is 3.61. The minimum Gasteiger partial charge on any atom is -0.455 e. The van der Waals surface area contributed by atoms with Gasteiger partial charge in [-0.3, -0.25) is 0 Å². The number of thiol groups is 1. The van der Waals surface area contributed by atoms with Gasteiger partial charge in [0.1, 0.15) is 19.3 Å². The Hall–Kier alpha value is -2.56. The fraction of sp³-hybridized carbons (Fsp3) is 0.300. The zero-order chi connectivity index (χ0) is 15.8. The SMILES string of the molecule is O=C(OC(CO[N+](=O)[O-])CO[N+](=O)[O-])c1ccc(S)cc1. The van der Waals surface area contributed by atoms with E-state index in [9.17, 15) is 25.0 Å². The summed E-state index contributed by atoms with van der Waals surface area (Å²) in [6, 6.07) is 5.92. The van der Waals surface area contributed by atoms with Crippen LogP contribution in [0.15, 0.2) is 29.2 Å². The third kappa shape index (κ3) is 6.42. The molecule has 0 bridgehead atoms. The molecule has 1 rings (SSSR count). The number of carbonyl (C=O) groups excluding carboxylic acids is 1. The van der Waals surface area contributed by atoms with E-state index in [0.717, 1.165) is 0 Å². The van der Waals surface area contributed by atoms with Gasteiger partial charge in [-0.25, -0.2) is 4.79 Å². The van der Waals surface area contributed by atoms with E-state index < -0.39 is 35.5 Å². The first kappa shape index (κ1) is 16.5. The minimum atomic E-state index is -1.30. The lowest BCUT2D eigenvalue weighted by atomic mass is 10.2. The molecular weight excluding hydrogens is 308 g/mol. The van der Waals surface area contributed by atoms with Crippen molar-refractivity contribution in [2.75, 3.05) is 13.2 Å². The summed E-state index contributed by atoms with van der Waals surface area (Å²) >= 11 is 4.04. The van der Waals surface area contributed by atoms with Gasteiger partial charge in [-0.1, -0.05) is 0 Å². The number of esters is 1. The first-order valence-corrected chi connectivity index (χ1v) is 5.88. The van der Waals surface area contributed by atoms with Crippen LogP contribution < -0.4 is 0 Å². The zero-order valence-electron chi connectivity index (χ0n) is 10.4. The number of benzene rings is 1. The molecule has 0 aliphatic carbocycles. The summed E-state index contributed by atoms with van der Waals surface area (Å²) in [4.78, 5) is 40.6. The molecule has 0 aliphatic rings. The van der Waals surface area contributed by atoms with Gasteiger partial charge < -0.3 is 14.4 Å². The van der Waals surface area contributed by atoms with Crippen LogP contribution in [0.5, 0.6) is 0 Å². The summed E-state index contributed by atoms with van der Waals surface area (Å²) in [6.07, 6.45) is -1.30. The molecular formula is C10H10N2O8S. The molecule has 1 aromatic rings. The molecule has 0 spiro atoms. The number of hydrogen-bond donors (Lipinski definition) is 1. The Bertz CT molecular complexity index is 502. The Morgan fingerprint density at radius 3 is 2.00 bits per heavy atom. The van der Waals surface area contributed by atoms with Crippen LogP contribution >= 0.6 is 12.6 Å². The number of hydrogen-bond acceptors (Lipinski definition) is 9. The Balaban J connectivity index is 2.64. The second kappa shape index (κ2) is 7.89. The molecule has 11 heteroatoms. The second-order valence-corrected chi connectivity index (χ2v) is 4.13.